The minimum Gasteiger partial charge on any atom is -0.396 e. The lowest BCUT2D eigenvalue weighted by atomic mass is 9.98. The summed E-state index contributed by atoms with van der Waals surface area (Å²) in [5, 5.41) is 12.8. The Bertz CT molecular complexity index is 416. The van der Waals surface area contributed by atoms with Gasteiger partial charge in [0.1, 0.15) is 0 Å². The van der Waals surface area contributed by atoms with Crippen LogP contribution in [-0.4, -0.2) is 18.3 Å². The molecule has 0 saturated carbocycles. The van der Waals surface area contributed by atoms with Gasteiger partial charge in [0.25, 0.3) is 0 Å². The molecule has 3 atom stereocenters. The minimum atomic E-state index is 0.303. The van der Waals surface area contributed by atoms with Gasteiger partial charge in [0.05, 0.1) is 0 Å². The van der Waals surface area contributed by atoms with Crippen molar-refractivity contribution in [2.24, 2.45) is 5.92 Å². The molecule has 0 bridgehead atoms. The highest BCUT2D eigenvalue weighted by Gasteiger charge is 2.29. The molecule has 0 radical (unpaired) electrons. The molecule has 2 N–H and O–H groups in total. The average Bonchev–Trinajstić information content (AvgIpc) is 2.73. The van der Waals surface area contributed by atoms with Crippen LogP contribution in [0.1, 0.15) is 61.8 Å². The summed E-state index contributed by atoms with van der Waals surface area (Å²) in [4.78, 5) is 0. The maximum absolute atomic E-state index is 9.07. The number of rotatable bonds is 6. The fraction of sp³-hybridized carbons (Fsp3) is 0.647. The summed E-state index contributed by atoms with van der Waals surface area (Å²) in [6, 6.07) is 7.17. The molecule has 0 aromatic heterocycles. The van der Waals surface area contributed by atoms with E-state index in [1.807, 2.05) is 0 Å². The molecule has 0 amide bonds. The van der Waals surface area contributed by atoms with Crippen LogP contribution in [0, 0.1) is 12.8 Å². The van der Waals surface area contributed by atoms with Gasteiger partial charge in [-0.15, -0.1) is 0 Å². The lowest BCUT2D eigenvalue weighted by Gasteiger charge is -2.19. The van der Waals surface area contributed by atoms with Gasteiger partial charge < -0.3 is 10.4 Å². The second-order valence-electron chi connectivity index (χ2n) is 5.96. The van der Waals surface area contributed by atoms with E-state index in [-0.39, 0.29) is 0 Å². The van der Waals surface area contributed by atoms with Crippen LogP contribution in [0.15, 0.2) is 18.2 Å². The molecule has 2 heteroatoms. The average molecular weight is 261 g/mol. The van der Waals surface area contributed by atoms with E-state index >= 15 is 0 Å². The van der Waals surface area contributed by atoms with Crippen molar-refractivity contribution in [3.8, 4) is 0 Å². The second kappa shape index (κ2) is 6.53. The first-order chi connectivity index (χ1) is 9.17. The Morgan fingerprint density at radius 2 is 2.21 bits per heavy atom. The number of hydrogen-bond acceptors (Lipinski definition) is 2. The lowest BCUT2D eigenvalue weighted by Crippen LogP contribution is -2.26. The van der Waals surface area contributed by atoms with E-state index in [4.69, 9.17) is 5.11 Å². The fourth-order valence-electron chi connectivity index (χ4n) is 3.41. The molecule has 2 rings (SSSR count). The van der Waals surface area contributed by atoms with Gasteiger partial charge in [0, 0.05) is 12.6 Å². The van der Waals surface area contributed by atoms with Crippen LogP contribution in [0.5, 0.6) is 0 Å². The highest BCUT2D eigenvalue weighted by atomic mass is 16.3. The van der Waals surface area contributed by atoms with Crippen molar-refractivity contribution in [2.75, 3.05) is 13.2 Å². The minimum absolute atomic E-state index is 0.303. The van der Waals surface area contributed by atoms with Crippen LogP contribution >= 0.6 is 0 Å². The van der Waals surface area contributed by atoms with Crippen molar-refractivity contribution in [3.63, 3.8) is 0 Å². The molecule has 3 unspecified atom stereocenters. The van der Waals surface area contributed by atoms with Crippen molar-refractivity contribution >= 4 is 0 Å². The summed E-state index contributed by atoms with van der Waals surface area (Å²) in [6.07, 6.45) is 3.25. The number of aliphatic hydroxyl groups is 1. The monoisotopic (exact) mass is 261 g/mol. The highest BCUT2D eigenvalue weighted by molar-refractivity contribution is 5.43. The highest BCUT2D eigenvalue weighted by Crippen LogP contribution is 2.41. The summed E-state index contributed by atoms with van der Waals surface area (Å²) in [5.74, 6) is 1.25. The Labute approximate surface area is 117 Å². The molecule has 0 heterocycles. The smallest absolute Gasteiger partial charge is 0.0434 e. The molecule has 2 nitrogen and oxygen atoms in total. The summed E-state index contributed by atoms with van der Waals surface area (Å²) in [7, 11) is 0. The molecule has 1 aromatic rings. The molecule has 19 heavy (non-hydrogen) atoms. The van der Waals surface area contributed by atoms with Gasteiger partial charge in [-0.1, -0.05) is 38.5 Å². The van der Waals surface area contributed by atoms with Gasteiger partial charge in [-0.2, -0.15) is 0 Å². The fourth-order valence-corrected chi connectivity index (χ4v) is 3.41. The van der Waals surface area contributed by atoms with Gasteiger partial charge in [0.2, 0.25) is 0 Å². The van der Waals surface area contributed by atoms with Crippen LogP contribution < -0.4 is 5.32 Å². The first-order valence-corrected chi connectivity index (χ1v) is 7.61. The van der Waals surface area contributed by atoms with Crippen molar-refractivity contribution in [1.29, 1.82) is 0 Å². The summed E-state index contributed by atoms with van der Waals surface area (Å²) in [5.41, 5.74) is 4.47. The van der Waals surface area contributed by atoms with Crippen LogP contribution in [0.4, 0.5) is 0 Å². The van der Waals surface area contributed by atoms with E-state index in [0.717, 1.165) is 19.4 Å². The number of fused-ring (bicyclic) bond motifs is 1. The van der Waals surface area contributed by atoms with Crippen molar-refractivity contribution in [1.82, 2.24) is 5.32 Å². The second-order valence-corrected chi connectivity index (χ2v) is 5.96. The SMILES string of the molecule is CCC(CCO)CNC1CC(C)c2c(C)cccc21. The molecule has 0 saturated heterocycles. The molecular formula is C17H27NO. The third-order valence-electron chi connectivity index (χ3n) is 4.58. The lowest BCUT2D eigenvalue weighted by molar-refractivity contribution is 0.248. The van der Waals surface area contributed by atoms with E-state index < -0.39 is 0 Å². The van der Waals surface area contributed by atoms with Crippen LogP contribution in [0.25, 0.3) is 0 Å². The predicted molar refractivity (Wildman–Crippen MR) is 80.4 cm³/mol. The van der Waals surface area contributed by atoms with Gasteiger partial charge in [0.15, 0.2) is 0 Å². The van der Waals surface area contributed by atoms with Crippen molar-refractivity contribution in [2.45, 2.75) is 52.0 Å². The van der Waals surface area contributed by atoms with E-state index in [1.54, 1.807) is 5.56 Å². The third kappa shape index (κ3) is 3.18. The van der Waals surface area contributed by atoms with E-state index in [0.29, 0.717) is 24.5 Å². The van der Waals surface area contributed by atoms with E-state index in [2.05, 4.69) is 44.3 Å². The maximum Gasteiger partial charge on any atom is 0.0434 e. The normalized spacial score (nSPS) is 23.4. The van der Waals surface area contributed by atoms with Crippen molar-refractivity contribution in [3.05, 3.63) is 34.9 Å². The Kier molecular flexibility index (Phi) is 5.00. The zero-order chi connectivity index (χ0) is 13.8. The van der Waals surface area contributed by atoms with Gasteiger partial charge in [-0.3, -0.25) is 0 Å². The number of hydrogen-bond donors (Lipinski definition) is 2. The summed E-state index contributed by atoms with van der Waals surface area (Å²) < 4.78 is 0. The van der Waals surface area contributed by atoms with Crippen LogP contribution in [0.2, 0.25) is 0 Å². The number of aliphatic hydroxyl groups excluding tert-OH is 1. The molecule has 0 spiro atoms. The Morgan fingerprint density at radius 1 is 1.42 bits per heavy atom. The molecule has 0 aliphatic heterocycles. The summed E-state index contributed by atoms with van der Waals surface area (Å²) >= 11 is 0. The first kappa shape index (κ1) is 14.5. The van der Waals surface area contributed by atoms with E-state index in [9.17, 15) is 0 Å². The largest absolute Gasteiger partial charge is 0.396 e. The third-order valence-corrected chi connectivity index (χ3v) is 4.58. The summed E-state index contributed by atoms with van der Waals surface area (Å²) in [6.45, 7) is 8.08. The maximum atomic E-state index is 9.07. The Balaban J connectivity index is 2.03. The predicted octanol–water partition coefficient (Wildman–Crippen LogP) is 3.54. The zero-order valence-electron chi connectivity index (χ0n) is 12.4. The Hall–Kier alpha value is -0.860. The van der Waals surface area contributed by atoms with Crippen molar-refractivity contribution < 1.29 is 5.11 Å². The molecule has 106 valence electrons. The van der Waals surface area contributed by atoms with Gasteiger partial charge in [-0.05, 0) is 54.8 Å². The number of nitrogens with one attached hydrogen (secondary N) is 1. The standard InChI is InChI=1S/C17H27NO/c1-4-14(8-9-19)11-18-16-10-13(3)17-12(2)6-5-7-15(16)17/h5-7,13-14,16,18-19H,4,8-11H2,1-3H3. The van der Waals surface area contributed by atoms with Gasteiger partial charge in [-0.25, -0.2) is 0 Å². The van der Waals surface area contributed by atoms with E-state index in [1.165, 1.54) is 17.5 Å². The zero-order valence-corrected chi connectivity index (χ0v) is 12.4. The van der Waals surface area contributed by atoms with Gasteiger partial charge >= 0.3 is 0 Å². The number of benzene rings is 1. The molecule has 1 aromatic carbocycles. The molecule has 0 fully saturated rings. The van der Waals surface area contributed by atoms with Crippen LogP contribution in [-0.2, 0) is 0 Å². The topological polar surface area (TPSA) is 32.3 Å². The molecular weight excluding hydrogens is 234 g/mol. The molecule has 1 aliphatic carbocycles. The first-order valence-electron chi connectivity index (χ1n) is 7.61. The number of aryl methyl sites for hydroxylation is 1. The Morgan fingerprint density at radius 3 is 2.89 bits per heavy atom. The quantitative estimate of drug-likeness (QED) is 0.821. The molecule has 1 aliphatic rings. The van der Waals surface area contributed by atoms with Crippen LogP contribution in [0.3, 0.4) is 0 Å².